The molecular weight excluding hydrogens is 496 g/mol. The van der Waals surface area contributed by atoms with Crippen LogP contribution in [0.3, 0.4) is 0 Å². The van der Waals surface area contributed by atoms with Gasteiger partial charge in [0.15, 0.2) is 28.0 Å². The maximum atomic E-state index is 6.58. The van der Waals surface area contributed by atoms with Crippen molar-refractivity contribution in [2.24, 2.45) is 0 Å². The minimum absolute atomic E-state index is 0.332. The van der Waals surface area contributed by atoms with E-state index < -0.39 is 0 Å². The molecule has 3 saturated heterocycles. The van der Waals surface area contributed by atoms with E-state index in [4.69, 9.17) is 36.0 Å². The van der Waals surface area contributed by atoms with Gasteiger partial charge < -0.3 is 29.9 Å². The minimum atomic E-state index is 0.332. The van der Waals surface area contributed by atoms with Gasteiger partial charge in [-0.1, -0.05) is 18.5 Å². The summed E-state index contributed by atoms with van der Waals surface area (Å²) in [6.07, 6.45) is 0. The van der Waals surface area contributed by atoms with Crippen LogP contribution in [0, 0.1) is 0 Å². The molecule has 0 radical (unpaired) electrons. The highest BCUT2D eigenvalue weighted by Crippen LogP contribution is 2.26. The molecule has 2 aromatic heterocycles. The number of rotatable bonds is 10. The summed E-state index contributed by atoms with van der Waals surface area (Å²) in [5.41, 5.74) is 1.15. The van der Waals surface area contributed by atoms with Gasteiger partial charge in [-0.25, -0.2) is 9.97 Å². The summed E-state index contributed by atoms with van der Waals surface area (Å²) in [6.45, 7) is 17.2. The molecule has 2 N–H and O–H groups in total. The average molecular weight is 535 g/mol. The second-order valence-electron chi connectivity index (χ2n) is 9.59. The highest BCUT2D eigenvalue weighted by atomic mass is 35.5. The van der Waals surface area contributed by atoms with Crippen LogP contribution < -0.4 is 15.5 Å². The molecular formula is C24H39ClN10O2. The van der Waals surface area contributed by atoms with Crippen molar-refractivity contribution in [3.63, 3.8) is 0 Å². The zero-order valence-corrected chi connectivity index (χ0v) is 22.5. The lowest BCUT2D eigenvalue weighted by Crippen LogP contribution is -2.46. The number of fused-ring (bicyclic) bond motifs is 1. The van der Waals surface area contributed by atoms with Gasteiger partial charge in [-0.2, -0.15) is 9.97 Å². The third-order valence-corrected chi connectivity index (χ3v) is 7.49. The summed E-state index contributed by atoms with van der Waals surface area (Å²) < 4.78 is 10.9. The van der Waals surface area contributed by atoms with Gasteiger partial charge in [0.1, 0.15) is 0 Å². The smallest absolute Gasteiger partial charge is 0.229 e. The Morgan fingerprint density at radius 1 is 0.703 bits per heavy atom. The molecule has 0 aliphatic carbocycles. The van der Waals surface area contributed by atoms with Crippen molar-refractivity contribution in [1.82, 2.24) is 34.6 Å². The first-order valence-corrected chi connectivity index (χ1v) is 13.9. The number of nitrogens with zero attached hydrogens (tertiary/aromatic N) is 8. The molecule has 0 aromatic carbocycles. The van der Waals surface area contributed by atoms with E-state index in [-0.39, 0.29) is 0 Å². The lowest BCUT2D eigenvalue weighted by molar-refractivity contribution is 0.0398. The number of anilines is 3. The van der Waals surface area contributed by atoms with Gasteiger partial charge in [-0.05, 0) is 6.54 Å². The standard InChI is InChI=1S/C24H39ClN10O2/c1-2-32-7-9-35(10-8-32)24-30-21(26-3-5-33-11-15-36-16-12-33)19-22(31-24)29-23(20(25)28-19)27-4-6-34-13-17-37-18-14-34/h2-18H2,1H3,(H2,26,27,29,30,31). The Bertz CT molecular complexity index is 1010. The number of nitrogens with one attached hydrogen (secondary N) is 2. The fraction of sp³-hybridized carbons (Fsp3) is 0.750. The fourth-order valence-corrected chi connectivity index (χ4v) is 5.06. The number of hydrogen-bond acceptors (Lipinski definition) is 12. The second-order valence-corrected chi connectivity index (χ2v) is 9.95. The molecule has 2 aromatic rings. The number of likely N-dealkylation sites (N-methyl/N-ethyl adjacent to an activating group) is 1. The van der Waals surface area contributed by atoms with Crippen molar-refractivity contribution >= 4 is 40.3 Å². The molecule has 5 rings (SSSR count). The van der Waals surface area contributed by atoms with Crippen LogP contribution in [0.2, 0.25) is 5.15 Å². The molecule has 3 aliphatic heterocycles. The first kappa shape index (κ1) is 26.5. The highest BCUT2D eigenvalue weighted by Gasteiger charge is 2.22. The maximum Gasteiger partial charge on any atom is 0.229 e. The first-order valence-electron chi connectivity index (χ1n) is 13.5. The van der Waals surface area contributed by atoms with E-state index in [2.05, 4.69) is 42.1 Å². The molecule has 12 nitrogen and oxygen atoms in total. The van der Waals surface area contributed by atoms with E-state index in [9.17, 15) is 0 Å². The van der Waals surface area contributed by atoms with E-state index in [0.29, 0.717) is 33.9 Å². The Balaban J connectivity index is 1.33. The lowest BCUT2D eigenvalue weighted by Gasteiger charge is -2.34. The van der Waals surface area contributed by atoms with Crippen LogP contribution in [0.5, 0.6) is 0 Å². The van der Waals surface area contributed by atoms with E-state index in [0.717, 1.165) is 112 Å². The van der Waals surface area contributed by atoms with Crippen LogP contribution in [-0.4, -0.2) is 146 Å². The van der Waals surface area contributed by atoms with Gasteiger partial charge in [0.05, 0.1) is 26.4 Å². The summed E-state index contributed by atoms with van der Waals surface area (Å²) in [7, 11) is 0. The van der Waals surface area contributed by atoms with Crippen molar-refractivity contribution in [2.75, 3.05) is 127 Å². The van der Waals surface area contributed by atoms with Crippen LogP contribution in [0.1, 0.15) is 6.92 Å². The summed E-state index contributed by atoms with van der Waals surface area (Å²) in [4.78, 5) is 28.6. The zero-order valence-electron chi connectivity index (χ0n) is 21.8. The minimum Gasteiger partial charge on any atom is -0.379 e. The van der Waals surface area contributed by atoms with Crippen molar-refractivity contribution in [3.8, 4) is 0 Å². The number of morpholine rings is 2. The topological polar surface area (TPSA) is 107 Å². The lowest BCUT2D eigenvalue weighted by atomic mass is 10.3. The Hall–Kier alpha value is -2.09. The van der Waals surface area contributed by atoms with E-state index in [1.54, 1.807) is 0 Å². The van der Waals surface area contributed by atoms with Crippen molar-refractivity contribution in [3.05, 3.63) is 5.15 Å². The van der Waals surface area contributed by atoms with E-state index >= 15 is 0 Å². The van der Waals surface area contributed by atoms with Gasteiger partial charge in [0.2, 0.25) is 5.95 Å². The second kappa shape index (κ2) is 13.1. The highest BCUT2D eigenvalue weighted by molar-refractivity contribution is 6.32. The summed E-state index contributed by atoms with van der Waals surface area (Å²) in [5.74, 6) is 1.93. The molecule has 0 spiro atoms. The van der Waals surface area contributed by atoms with Gasteiger partial charge >= 0.3 is 0 Å². The number of aromatic nitrogens is 4. The van der Waals surface area contributed by atoms with Crippen LogP contribution in [-0.2, 0) is 9.47 Å². The summed E-state index contributed by atoms with van der Waals surface area (Å²) in [5, 5.41) is 7.19. The number of hydrogen-bond donors (Lipinski definition) is 2. The SMILES string of the molecule is CCN1CCN(c2nc(NCCN3CCOCC3)c3nc(Cl)c(NCCN4CCOCC4)nc3n2)CC1. The summed E-state index contributed by atoms with van der Waals surface area (Å²) in [6, 6.07) is 0. The van der Waals surface area contributed by atoms with Gasteiger partial charge in [-0.3, -0.25) is 9.80 Å². The number of ether oxygens (including phenoxy) is 2. The first-order chi connectivity index (χ1) is 18.2. The van der Waals surface area contributed by atoms with E-state index in [1.165, 1.54) is 0 Å². The number of halogens is 1. The molecule has 0 bridgehead atoms. The predicted molar refractivity (Wildman–Crippen MR) is 146 cm³/mol. The van der Waals surface area contributed by atoms with E-state index in [1.807, 2.05) is 0 Å². The molecule has 37 heavy (non-hydrogen) atoms. The molecule has 13 heteroatoms. The molecule has 0 amide bonds. The van der Waals surface area contributed by atoms with Crippen LogP contribution in [0.15, 0.2) is 0 Å². The van der Waals surface area contributed by atoms with Crippen LogP contribution in [0.4, 0.5) is 17.6 Å². The molecule has 0 atom stereocenters. The normalized spacial score (nSPS) is 20.4. The third-order valence-electron chi connectivity index (χ3n) is 7.23. The Labute approximate surface area is 223 Å². The van der Waals surface area contributed by atoms with Crippen molar-refractivity contribution < 1.29 is 9.47 Å². The summed E-state index contributed by atoms with van der Waals surface area (Å²) >= 11 is 6.58. The average Bonchev–Trinajstić information content (AvgIpc) is 2.94. The van der Waals surface area contributed by atoms with Gasteiger partial charge in [0.25, 0.3) is 0 Å². The maximum absolute atomic E-state index is 6.58. The molecule has 3 aliphatic rings. The van der Waals surface area contributed by atoms with Crippen LogP contribution in [0.25, 0.3) is 11.2 Å². The Morgan fingerprint density at radius 3 is 1.89 bits per heavy atom. The Kier molecular flexibility index (Phi) is 9.40. The predicted octanol–water partition coefficient (Wildman–Crippen LogP) is 0.703. The quantitative estimate of drug-likeness (QED) is 0.448. The third kappa shape index (κ3) is 7.06. The van der Waals surface area contributed by atoms with Gasteiger partial charge in [0, 0.05) is 78.5 Å². The monoisotopic (exact) mass is 534 g/mol. The fourth-order valence-electron chi connectivity index (χ4n) is 4.87. The van der Waals surface area contributed by atoms with Gasteiger partial charge in [-0.15, -0.1) is 0 Å². The molecule has 3 fully saturated rings. The largest absolute Gasteiger partial charge is 0.379 e. The van der Waals surface area contributed by atoms with Crippen molar-refractivity contribution in [2.45, 2.75) is 6.92 Å². The van der Waals surface area contributed by atoms with Crippen LogP contribution >= 0.6 is 11.6 Å². The molecule has 204 valence electrons. The zero-order chi connectivity index (χ0) is 25.5. The Morgan fingerprint density at radius 2 is 1.30 bits per heavy atom. The molecule has 0 unspecified atom stereocenters. The molecule has 5 heterocycles. The van der Waals surface area contributed by atoms with Crippen molar-refractivity contribution in [1.29, 1.82) is 0 Å². The molecule has 0 saturated carbocycles. The number of piperazine rings is 1.